The molecule has 1 atom stereocenters. The molecule has 0 radical (unpaired) electrons. The average Bonchev–Trinajstić information content (AvgIpc) is 3.17. The molecule has 26 heteroatoms. The normalized spacial score (nSPS) is 11.0. The highest BCUT2D eigenvalue weighted by Crippen LogP contribution is 2.34. The Bertz CT molecular complexity index is 1870. The monoisotopic (exact) mass is 994 g/mol. The molecule has 5 N–H and O–H groups in total. The number of rotatable bonds is 19. The summed E-state index contributed by atoms with van der Waals surface area (Å²) >= 11 is 3.83. The fraction of sp³-hybridized carbons (Fsp3) is 0.281. The third kappa shape index (κ3) is 36.6. The molecule has 4 heterocycles. The zero-order chi connectivity index (χ0) is 43.7. The molecule has 0 fully saturated rings. The maximum atomic E-state index is 10.8. The van der Waals surface area contributed by atoms with Crippen LogP contribution in [0.2, 0.25) is 0 Å². The molecule has 320 valence electrons. The molecule has 4 aromatic heterocycles. The minimum atomic E-state index is -4.55. The number of carboxylic acid groups (broad SMARTS) is 3. The fourth-order valence-electron chi connectivity index (χ4n) is 2.94. The van der Waals surface area contributed by atoms with Crippen molar-refractivity contribution in [2.45, 2.75) is 57.5 Å². The highest BCUT2D eigenvalue weighted by Gasteiger charge is 2.30. The lowest BCUT2D eigenvalue weighted by Crippen LogP contribution is -2.30. The minimum absolute atomic E-state index is 0.154. The van der Waals surface area contributed by atoms with Gasteiger partial charge in [-0.1, -0.05) is 45.9 Å². The molecule has 0 spiro atoms. The van der Waals surface area contributed by atoms with Crippen LogP contribution in [-0.4, -0.2) is 102 Å². The Labute approximate surface area is 370 Å². The van der Waals surface area contributed by atoms with E-state index in [4.69, 9.17) is 32.8 Å². The van der Waals surface area contributed by atoms with Gasteiger partial charge in [-0.2, -0.15) is 29.5 Å². The lowest BCUT2D eigenvalue weighted by atomic mass is 10.3. The van der Waals surface area contributed by atoms with Crippen LogP contribution in [0.3, 0.4) is 0 Å². The van der Waals surface area contributed by atoms with Gasteiger partial charge < -0.3 is 15.3 Å². The Hall–Kier alpha value is -2.43. The van der Waals surface area contributed by atoms with Crippen molar-refractivity contribution < 1.29 is 55.6 Å². The van der Waals surface area contributed by atoms with Crippen LogP contribution in [0.1, 0.15) is 32.1 Å². The molecule has 0 aliphatic rings. The molecule has 0 aliphatic heterocycles. The van der Waals surface area contributed by atoms with Crippen molar-refractivity contribution in [1.29, 1.82) is 0 Å². The number of halogens is 1. The van der Waals surface area contributed by atoms with E-state index in [1.807, 2.05) is 60.7 Å². The molecule has 0 bridgehead atoms. The zero-order valence-corrected chi connectivity index (χ0v) is 38.1. The molecule has 0 amide bonds. The van der Waals surface area contributed by atoms with Gasteiger partial charge in [0.1, 0.15) is 20.1 Å². The summed E-state index contributed by atoms with van der Waals surface area (Å²) < 4.78 is 55.5. The molecule has 4 aromatic rings. The highest BCUT2D eigenvalue weighted by atomic mass is 35.7. The van der Waals surface area contributed by atoms with Crippen molar-refractivity contribution in [2.24, 2.45) is 0 Å². The summed E-state index contributed by atoms with van der Waals surface area (Å²) in [5.41, 5.74) is 0. The molecule has 58 heavy (non-hydrogen) atoms. The van der Waals surface area contributed by atoms with E-state index in [9.17, 15) is 22.8 Å². The predicted molar refractivity (Wildman–Crippen MR) is 238 cm³/mol. The van der Waals surface area contributed by atoms with Gasteiger partial charge in [0.05, 0.1) is 0 Å². The molecule has 0 saturated carbocycles. The van der Waals surface area contributed by atoms with Gasteiger partial charge in [-0.15, -0.1) is 0 Å². The van der Waals surface area contributed by atoms with Crippen molar-refractivity contribution in [3.05, 3.63) is 97.6 Å². The topological polar surface area (TPSA) is 272 Å². The van der Waals surface area contributed by atoms with E-state index in [0.29, 0.717) is 18.6 Å². The number of carboxylic acids is 3. The van der Waals surface area contributed by atoms with Gasteiger partial charge in [-0.25, -0.2) is 19.9 Å². The third-order valence-electron chi connectivity index (χ3n) is 5.32. The third-order valence-corrected chi connectivity index (χ3v) is 13.6. The number of pyridine rings is 4. The molecule has 0 saturated heterocycles. The van der Waals surface area contributed by atoms with E-state index < -0.39 is 42.6 Å². The van der Waals surface area contributed by atoms with Crippen LogP contribution in [0.25, 0.3) is 0 Å². The Morgan fingerprint density at radius 3 is 1.22 bits per heavy atom. The van der Waals surface area contributed by atoms with Crippen molar-refractivity contribution >= 4 is 125 Å². The molecule has 1 unspecified atom stereocenters. The Morgan fingerprint density at radius 1 is 0.603 bits per heavy atom. The second kappa shape index (κ2) is 34.3. The summed E-state index contributed by atoms with van der Waals surface area (Å²) in [6.45, 7) is 0. The maximum Gasteiger partial charge on any atom is 0.353 e. The van der Waals surface area contributed by atoms with E-state index in [1.54, 1.807) is 80.1 Å². The number of nitrogens with zero attached hydrogens (tertiary/aromatic N) is 4. The molecular formula is C32H39ClN4O12S9. The lowest BCUT2D eigenvalue weighted by molar-refractivity contribution is -0.138. The summed E-state index contributed by atoms with van der Waals surface area (Å²) in [6, 6.07) is 22.9. The van der Waals surface area contributed by atoms with E-state index in [-0.39, 0.29) is 25.0 Å². The van der Waals surface area contributed by atoms with Gasteiger partial charge in [-0.3, -0.25) is 23.5 Å². The van der Waals surface area contributed by atoms with E-state index in [1.165, 1.54) is 21.6 Å². The van der Waals surface area contributed by atoms with Gasteiger partial charge in [0, 0.05) is 59.8 Å². The highest BCUT2D eigenvalue weighted by molar-refractivity contribution is 8.77. The van der Waals surface area contributed by atoms with Gasteiger partial charge in [0.25, 0.3) is 10.1 Å². The van der Waals surface area contributed by atoms with Crippen LogP contribution in [0.4, 0.5) is 0 Å². The first-order valence-corrected chi connectivity index (χ1v) is 27.1. The molecule has 16 nitrogen and oxygen atoms in total. The van der Waals surface area contributed by atoms with Crippen molar-refractivity contribution in [3.8, 4) is 0 Å². The Balaban J connectivity index is 0.000000742. The number of carbonyl (C=O) groups is 3. The summed E-state index contributed by atoms with van der Waals surface area (Å²) in [7, 11) is 4.38. The number of thiol groups is 1. The van der Waals surface area contributed by atoms with Crippen LogP contribution in [0, 0.1) is 0 Å². The predicted octanol–water partition coefficient (Wildman–Crippen LogP) is 8.32. The minimum Gasteiger partial charge on any atom is -0.481 e. The van der Waals surface area contributed by atoms with Crippen LogP contribution < -0.4 is 0 Å². The molecule has 0 aliphatic carbocycles. The fourth-order valence-corrected chi connectivity index (χ4v) is 9.61. The first-order chi connectivity index (χ1) is 27.4. The average molecular weight is 996 g/mol. The van der Waals surface area contributed by atoms with Gasteiger partial charge in [0.15, 0.2) is 5.25 Å². The van der Waals surface area contributed by atoms with Gasteiger partial charge in [0.2, 0.25) is 0 Å². The van der Waals surface area contributed by atoms with Crippen LogP contribution in [0.5, 0.6) is 0 Å². The van der Waals surface area contributed by atoms with Crippen molar-refractivity contribution in [1.82, 2.24) is 19.9 Å². The Morgan fingerprint density at radius 2 is 0.948 bits per heavy atom. The van der Waals surface area contributed by atoms with E-state index in [0.717, 1.165) is 25.9 Å². The van der Waals surface area contributed by atoms with Crippen LogP contribution in [-0.2, 0) is 33.8 Å². The number of hydrogen-bond acceptors (Lipinski definition) is 18. The summed E-state index contributed by atoms with van der Waals surface area (Å²) in [6.07, 6.45) is 8.67. The van der Waals surface area contributed by atoms with Crippen molar-refractivity contribution in [3.63, 3.8) is 0 Å². The second-order valence-electron chi connectivity index (χ2n) is 9.91. The smallest absolute Gasteiger partial charge is 0.353 e. The van der Waals surface area contributed by atoms with Gasteiger partial charge in [-0.05, 0) is 117 Å². The number of aliphatic carboxylic acids is 3. The van der Waals surface area contributed by atoms with Crippen LogP contribution >= 0.6 is 88.1 Å². The van der Waals surface area contributed by atoms with E-state index in [2.05, 4.69) is 43.2 Å². The number of aromatic nitrogens is 4. The summed E-state index contributed by atoms with van der Waals surface area (Å²) in [5.74, 6) is -1.24. The standard InChI is InChI=1S/C10H8N2S2.C9H11NO5S3.C9H11NO2S2.C4H8O2S.ClHO3S/c1-3-7-11-9(5-1)13-14-10-6-2-4-8-12-10;11-9(12)7(18(13,14)15)4-6-16-17-8-3-1-2-5-10-8;11-9(12)5-3-7-13-14-8-4-1-2-6-10-8;5-4(6)2-1-3-7;1-5(2,3)4/h1-8H;1-3,5,7H,4,6H2,(H,11,12)(H,13,14,15);1-2,4,6H,3,5,7H2,(H,11,12);7H,1-3H2,(H,5,6);(H,2,3,4). The van der Waals surface area contributed by atoms with E-state index >= 15 is 0 Å². The summed E-state index contributed by atoms with van der Waals surface area (Å²) in [4.78, 5) is 47.2. The zero-order valence-electron chi connectivity index (χ0n) is 29.9. The largest absolute Gasteiger partial charge is 0.481 e. The first-order valence-electron chi connectivity index (χ1n) is 15.9. The second-order valence-corrected chi connectivity index (χ2v) is 21.0. The van der Waals surface area contributed by atoms with Crippen LogP contribution in [0.15, 0.2) is 118 Å². The Kier molecular flexibility index (Phi) is 32.9. The lowest BCUT2D eigenvalue weighted by Gasteiger charge is -2.07. The van der Waals surface area contributed by atoms with Crippen molar-refractivity contribution in [2.75, 3.05) is 17.3 Å². The maximum absolute atomic E-state index is 10.8. The van der Waals surface area contributed by atoms with Gasteiger partial charge >= 0.3 is 27.2 Å². The molecule has 0 aromatic carbocycles. The summed E-state index contributed by atoms with van der Waals surface area (Å²) in [5, 5.41) is 27.0. The SMILES string of the molecule is O=C(O)C(CCSSc1ccccn1)S(=O)(=O)O.O=C(O)CCCS.O=C(O)CCCSSc1ccccn1.O=S(=O)(O)Cl.c1ccc(SSc2ccccn2)nc1. The quantitative estimate of drug-likeness (QED) is 0.0169. The number of hydrogen-bond donors (Lipinski definition) is 6. The first kappa shape index (κ1) is 55.6. The molecule has 4 rings (SSSR count). The molecular weight excluding hydrogens is 956 g/mol.